The summed E-state index contributed by atoms with van der Waals surface area (Å²) in [5.41, 5.74) is 0. The first-order valence-electron chi connectivity index (χ1n) is 5.41. The van der Waals surface area contributed by atoms with Crippen LogP contribution in [-0.2, 0) is 4.79 Å². The normalized spacial score (nSPS) is 45.4. The van der Waals surface area contributed by atoms with Crippen LogP contribution in [0.3, 0.4) is 0 Å². The Morgan fingerprint density at radius 2 is 2.14 bits per heavy atom. The number of rotatable bonds is 1. The van der Waals surface area contributed by atoms with E-state index in [1.807, 2.05) is 4.90 Å². The molecule has 14 heavy (non-hydrogen) atoms. The third kappa shape index (κ3) is 1.24. The van der Waals surface area contributed by atoms with Gasteiger partial charge in [0.1, 0.15) is 6.17 Å². The van der Waals surface area contributed by atoms with Crippen molar-refractivity contribution in [3.05, 3.63) is 0 Å². The summed E-state index contributed by atoms with van der Waals surface area (Å²) in [5, 5.41) is 3.31. The highest BCUT2D eigenvalue weighted by Gasteiger charge is 2.49. The van der Waals surface area contributed by atoms with Crippen molar-refractivity contribution in [3.8, 4) is 0 Å². The molecule has 3 aliphatic rings. The molecule has 0 spiro atoms. The van der Waals surface area contributed by atoms with Crippen LogP contribution in [0.1, 0.15) is 12.8 Å². The van der Waals surface area contributed by atoms with Crippen molar-refractivity contribution in [2.75, 3.05) is 19.6 Å². The van der Waals surface area contributed by atoms with E-state index in [2.05, 4.69) is 5.32 Å². The minimum atomic E-state index is -0.851. The fraction of sp³-hybridized carbons (Fsp3) is 0.900. The van der Waals surface area contributed by atoms with Gasteiger partial charge in [0, 0.05) is 19.1 Å². The first kappa shape index (κ1) is 8.65. The SMILES string of the molecule is O=C(C1CC1F)N1C[C@H]2CNC[C@@H]1C2. The molecule has 2 unspecified atom stereocenters. The maximum Gasteiger partial charge on any atom is 0.229 e. The molecule has 4 heteroatoms. The van der Waals surface area contributed by atoms with Crippen LogP contribution in [0.4, 0.5) is 4.39 Å². The highest BCUT2D eigenvalue weighted by Crippen LogP contribution is 2.38. The van der Waals surface area contributed by atoms with Gasteiger partial charge in [0.25, 0.3) is 0 Å². The van der Waals surface area contributed by atoms with Crippen molar-refractivity contribution in [1.82, 2.24) is 10.2 Å². The van der Waals surface area contributed by atoms with Gasteiger partial charge in [-0.15, -0.1) is 0 Å². The zero-order valence-corrected chi connectivity index (χ0v) is 8.08. The van der Waals surface area contributed by atoms with Crippen LogP contribution in [-0.4, -0.2) is 42.7 Å². The second kappa shape index (κ2) is 2.92. The molecule has 0 aromatic heterocycles. The Morgan fingerprint density at radius 1 is 1.36 bits per heavy atom. The molecule has 1 aliphatic carbocycles. The van der Waals surface area contributed by atoms with Gasteiger partial charge in [-0.2, -0.15) is 0 Å². The van der Waals surface area contributed by atoms with E-state index in [-0.39, 0.29) is 11.8 Å². The molecule has 0 aromatic carbocycles. The van der Waals surface area contributed by atoms with Crippen molar-refractivity contribution >= 4 is 5.91 Å². The van der Waals surface area contributed by atoms with Crippen LogP contribution in [0, 0.1) is 11.8 Å². The summed E-state index contributed by atoms with van der Waals surface area (Å²) in [6.45, 7) is 2.76. The molecular formula is C10H15FN2O. The molecule has 0 radical (unpaired) electrons. The van der Waals surface area contributed by atoms with Gasteiger partial charge in [0.05, 0.1) is 5.92 Å². The third-order valence-corrected chi connectivity index (χ3v) is 3.63. The molecule has 2 heterocycles. The summed E-state index contributed by atoms with van der Waals surface area (Å²) in [6.07, 6.45) is 0.721. The molecule has 3 fully saturated rings. The Kier molecular flexibility index (Phi) is 1.81. The summed E-state index contributed by atoms with van der Waals surface area (Å²) < 4.78 is 12.8. The van der Waals surface area contributed by atoms with E-state index in [1.165, 1.54) is 0 Å². The molecule has 2 saturated heterocycles. The number of halogens is 1. The smallest absolute Gasteiger partial charge is 0.229 e. The molecule has 2 aliphatic heterocycles. The number of likely N-dealkylation sites (tertiary alicyclic amines) is 1. The van der Waals surface area contributed by atoms with E-state index in [9.17, 15) is 9.18 Å². The van der Waals surface area contributed by atoms with Gasteiger partial charge in [0.2, 0.25) is 5.91 Å². The number of amides is 1. The van der Waals surface area contributed by atoms with Gasteiger partial charge in [-0.25, -0.2) is 4.39 Å². The van der Waals surface area contributed by atoms with Crippen LogP contribution >= 0.6 is 0 Å². The van der Waals surface area contributed by atoms with E-state index < -0.39 is 6.17 Å². The maximum atomic E-state index is 12.8. The number of carbonyl (C=O) groups excluding carboxylic acids is 1. The van der Waals surface area contributed by atoms with E-state index in [4.69, 9.17) is 0 Å². The van der Waals surface area contributed by atoms with Crippen molar-refractivity contribution < 1.29 is 9.18 Å². The van der Waals surface area contributed by atoms with Crippen molar-refractivity contribution in [2.24, 2.45) is 11.8 Å². The largest absolute Gasteiger partial charge is 0.338 e. The van der Waals surface area contributed by atoms with Crippen LogP contribution in [0.5, 0.6) is 0 Å². The minimum absolute atomic E-state index is 0.0636. The molecular weight excluding hydrogens is 183 g/mol. The van der Waals surface area contributed by atoms with E-state index in [1.54, 1.807) is 0 Å². The fourth-order valence-electron chi connectivity index (χ4n) is 2.71. The highest BCUT2D eigenvalue weighted by molar-refractivity contribution is 5.82. The first-order chi connectivity index (χ1) is 6.75. The van der Waals surface area contributed by atoms with Crippen molar-refractivity contribution in [2.45, 2.75) is 25.1 Å². The summed E-state index contributed by atoms with van der Waals surface area (Å²) in [4.78, 5) is 13.7. The lowest BCUT2D eigenvalue weighted by atomic mass is 10.0. The van der Waals surface area contributed by atoms with Crippen LogP contribution in [0.2, 0.25) is 0 Å². The van der Waals surface area contributed by atoms with E-state index in [0.29, 0.717) is 18.4 Å². The molecule has 1 amide bonds. The number of fused-ring (bicyclic) bond motifs is 2. The van der Waals surface area contributed by atoms with Crippen LogP contribution in [0.25, 0.3) is 0 Å². The second-order valence-electron chi connectivity index (χ2n) is 4.76. The molecule has 4 atom stereocenters. The number of hydrogen-bond acceptors (Lipinski definition) is 2. The average Bonchev–Trinajstić information content (AvgIpc) is 2.84. The van der Waals surface area contributed by atoms with Crippen LogP contribution in [0.15, 0.2) is 0 Å². The molecule has 0 aromatic rings. The number of carbonyl (C=O) groups is 1. The number of alkyl halides is 1. The Balaban J connectivity index is 1.70. The Labute approximate surface area is 82.6 Å². The van der Waals surface area contributed by atoms with Gasteiger partial charge in [-0.1, -0.05) is 0 Å². The quantitative estimate of drug-likeness (QED) is 0.651. The zero-order chi connectivity index (χ0) is 9.71. The number of nitrogens with one attached hydrogen (secondary N) is 1. The highest BCUT2D eigenvalue weighted by atomic mass is 19.1. The lowest BCUT2D eigenvalue weighted by Gasteiger charge is -2.24. The van der Waals surface area contributed by atoms with E-state index in [0.717, 1.165) is 26.1 Å². The Morgan fingerprint density at radius 3 is 2.79 bits per heavy atom. The van der Waals surface area contributed by atoms with E-state index >= 15 is 0 Å². The number of nitrogens with zero attached hydrogens (tertiary/aromatic N) is 1. The predicted molar refractivity (Wildman–Crippen MR) is 49.5 cm³/mol. The van der Waals surface area contributed by atoms with Crippen molar-refractivity contribution in [1.29, 1.82) is 0 Å². The van der Waals surface area contributed by atoms with Gasteiger partial charge in [-0.05, 0) is 25.3 Å². The molecule has 3 rings (SSSR count). The Hall–Kier alpha value is -0.640. The summed E-state index contributed by atoms with van der Waals surface area (Å²) in [6, 6.07) is 0.342. The van der Waals surface area contributed by atoms with Gasteiger partial charge >= 0.3 is 0 Å². The predicted octanol–water partition coefficient (Wildman–Crippen LogP) is 0.165. The van der Waals surface area contributed by atoms with Gasteiger partial charge in [0.15, 0.2) is 0 Å². The van der Waals surface area contributed by atoms with Gasteiger partial charge in [-0.3, -0.25) is 4.79 Å². The summed E-state index contributed by atoms with van der Waals surface area (Å²) in [7, 11) is 0. The lowest BCUT2D eigenvalue weighted by Crippen LogP contribution is -2.42. The average molecular weight is 198 g/mol. The summed E-state index contributed by atoms with van der Waals surface area (Å²) in [5.74, 6) is 0.373. The third-order valence-electron chi connectivity index (χ3n) is 3.63. The first-order valence-corrected chi connectivity index (χ1v) is 5.41. The standard InChI is InChI=1S/C10H15FN2O/c11-9-2-8(9)10(14)13-5-6-1-7(13)4-12-3-6/h6-9,12H,1-5H2/t6-,7+,8?,9?/m1/s1. The van der Waals surface area contributed by atoms with Gasteiger partial charge < -0.3 is 10.2 Å². The molecule has 78 valence electrons. The topological polar surface area (TPSA) is 32.3 Å². The molecule has 1 N–H and O–H groups in total. The lowest BCUT2D eigenvalue weighted by molar-refractivity contribution is -0.133. The monoisotopic (exact) mass is 198 g/mol. The number of hydrogen-bond donors (Lipinski definition) is 1. The van der Waals surface area contributed by atoms with Crippen molar-refractivity contribution in [3.63, 3.8) is 0 Å². The Bertz CT molecular complexity index is 271. The molecule has 1 saturated carbocycles. The maximum absolute atomic E-state index is 12.8. The zero-order valence-electron chi connectivity index (χ0n) is 8.08. The fourth-order valence-corrected chi connectivity index (χ4v) is 2.71. The molecule has 2 bridgehead atoms. The minimum Gasteiger partial charge on any atom is -0.338 e. The van der Waals surface area contributed by atoms with Crippen LogP contribution < -0.4 is 5.32 Å². The summed E-state index contributed by atoms with van der Waals surface area (Å²) >= 11 is 0. The second-order valence-corrected chi connectivity index (χ2v) is 4.76. The molecule has 3 nitrogen and oxygen atoms in total. The number of piperidine rings is 1.